The van der Waals surface area contributed by atoms with Crippen LogP contribution in [0, 0.1) is 11.8 Å². The van der Waals surface area contributed by atoms with E-state index in [0.29, 0.717) is 18.4 Å². The summed E-state index contributed by atoms with van der Waals surface area (Å²) in [5, 5.41) is 5.89. The first-order chi connectivity index (χ1) is 9.62. The predicted octanol–water partition coefficient (Wildman–Crippen LogP) is 1.13. The third kappa shape index (κ3) is 5.11. The number of nitrogens with one attached hydrogen (secondary N) is 2. The Morgan fingerprint density at radius 3 is 2.85 bits per heavy atom. The first-order valence-electron chi connectivity index (χ1n) is 6.96. The second-order valence-electron chi connectivity index (χ2n) is 5.04. The summed E-state index contributed by atoms with van der Waals surface area (Å²) < 4.78 is 16.1. The zero-order valence-electron chi connectivity index (χ0n) is 12.6. The van der Waals surface area contributed by atoms with Crippen molar-refractivity contribution >= 4 is 6.09 Å². The van der Waals surface area contributed by atoms with E-state index in [4.69, 9.17) is 14.2 Å². The molecule has 1 rings (SSSR count). The number of alkyl carbamates (subject to hydrolysis) is 1. The van der Waals surface area contributed by atoms with Crippen LogP contribution in [-0.4, -0.2) is 52.3 Å². The summed E-state index contributed by atoms with van der Waals surface area (Å²) in [5.74, 6) is 0.770. The second kappa shape index (κ2) is 8.94. The van der Waals surface area contributed by atoms with Crippen LogP contribution in [0.25, 0.3) is 0 Å². The molecular weight excluding hydrogens is 260 g/mol. The molecule has 1 heterocycles. The molecule has 116 valence electrons. The number of methoxy groups -OCH3 is 1. The van der Waals surface area contributed by atoms with E-state index in [0.717, 1.165) is 13.0 Å². The topological polar surface area (TPSA) is 68.8 Å². The molecule has 1 aliphatic heterocycles. The van der Waals surface area contributed by atoms with Gasteiger partial charge in [-0.15, -0.1) is 0 Å². The van der Waals surface area contributed by atoms with Crippen molar-refractivity contribution in [3.8, 4) is 0 Å². The molecule has 0 bridgehead atoms. The van der Waals surface area contributed by atoms with Crippen LogP contribution in [-0.2, 0) is 14.2 Å². The lowest BCUT2D eigenvalue weighted by Crippen LogP contribution is -2.47. The molecule has 0 aromatic rings. The molecule has 0 aliphatic carbocycles. The zero-order valence-corrected chi connectivity index (χ0v) is 12.6. The van der Waals surface area contributed by atoms with Crippen LogP contribution in [0.3, 0.4) is 0 Å². The fourth-order valence-electron chi connectivity index (χ4n) is 2.46. The molecule has 6 heteroatoms. The summed E-state index contributed by atoms with van der Waals surface area (Å²) in [4.78, 5) is 11.4. The third-order valence-electron chi connectivity index (χ3n) is 3.57. The maximum Gasteiger partial charge on any atom is 0.407 e. The molecule has 0 radical (unpaired) electrons. The number of carbonyl (C=O) groups is 1. The Morgan fingerprint density at radius 2 is 2.25 bits per heavy atom. The lowest BCUT2D eigenvalue weighted by Gasteiger charge is -2.39. The van der Waals surface area contributed by atoms with Crippen LogP contribution >= 0.6 is 0 Å². The molecule has 4 atom stereocenters. The van der Waals surface area contributed by atoms with E-state index < -0.39 is 6.09 Å². The van der Waals surface area contributed by atoms with Crippen molar-refractivity contribution in [2.75, 3.05) is 33.9 Å². The number of hydrogen-bond acceptors (Lipinski definition) is 5. The van der Waals surface area contributed by atoms with Crippen LogP contribution in [0.2, 0.25) is 0 Å². The molecule has 1 fully saturated rings. The summed E-state index contributed by atoms with van der Waals surface area (Å²) in [6, 6.07) is 0. The van der Waals surface area contributed by atoms with Gasteiger partial charge in [0.2, 0.25) is 0 Å². The Bertz CT molecular complexity index is 312. The smallest absolute Gasteiger partial charge is 0.407 e. The molecule has 20 heavy (non-hydrogen) atoms. The van der Waals surface area contributed by atoms with Crippen molar-refractivity contribution in [2.24, 2.45) is 11.8 Å². The monoisotopic (exact) mass is 286 g/mol. The van der Waals surface area contributed by atoms with Crippen LogP contribution < -0.4 is 10.6 Å². The third-order valence-corrected chi connectivity index (χ3v) is 3.57. The highest BCUT2D eigenvalue weighted by Crippen LogP contribution is 2.30. The van der Waals surface area contributed by atoms with Crippen molar-refractivity contribution in [3.05, 3.63) is 12.7 Å². The maximum atomic E-state index is 11.4. The van der Waals surface area contributed by atoms with Crippen molar-refractivity contribution < 1.29 is 19.0 Å². The van der Waals surface area contributed by atoms with Crippen LogP contribution in [0.4, 0.5) is 4.79 Å². The highest BCUT2D eigenvalue weighted by Gasteiger charge is 2.35. The quantitative estimate of drug-likeness (QED) is 0.687. The van der Waals surface area contributed by atoms with Gasteiger partial charge in [0.05, 0.1) is 6.10 Å². The van der Waals surface area contributed by atoms with E-state index in [1.165, 1.54) is 6.08 Å². The SMILES string of the molecule is C=CCOC(=O)NCC1CC(CNC)[C@H](C)[C@@H](OC)O1. The summed E-state index contributed by atoms with van der Waals surface area (Å²) in [5.41, 5.74) is 0. The summed E-state index contributed by atoms with van der Waals surface area (Å²) >= 11 is 0. The molecule has 0 saturated carbocycles. The molecule has 0 aromatic heterocycles. The highest BCUT2D eigenvalue weighted by atomic mass is 16.7. The van der Waals surface area contributed by atoms with Gasteiger partial charge in [-0.3, -0.25) is 0 Å². The molecule has 6 nitrogen and oxygen atoms in total. The first-order valence-corrected chi connectivity index (χ1v) is 6.96. The number of carbonyl (C=O) groups excluding carboxylic acids is 1. The Balaban J connectivity index is 2.44. The fraction of sp³-hybridized carbons (Fsp3) is 0.786. The van der Waals surface area contributed by atoms with Gasteiger partial charge in [-0.05, 0) is 25.9 Å². The summed E-state index contributed by atoms with van der Waals surface area (Å²) in [6.45, 7) is 7.14. The summed E-state index contributed by atoms with van der Waals surface area (Å²) in [7, 11) is 3.58. The molecule has 1 aliphatic rings. The van der Waals surface area contributed by atoms with Crippen molar-refractivity contribution in [3.63, 3.8) is 0 Å². The normalized spacial score (nSPS) is 29.8. The van der Waals surface area contributed by atoms with E-state index in [-0.39, 0.29) is 19.0 Å². The second-order valence-corrected chi connectivity index (χ2v) is 5.04. The van der Waals surface area contributed by atoms with Gasteiger partial charge in [0.15, 0.2) is 6.29 Å². The van der Waals surface area contributed by atoms with Gasteiger partial charge < -0.3 is 24.8 Å². The van der Waals surface area contributed by atoms with Gasteiger partial charge >= 0.3 is 6.09 Å². The van der Waals surface area contributed by atoms with Crippen molar-refractivity contribution in [2.45, 2.75) is 25.7 Å². The fourth-order valence-corrected chi connectivity index (χ4v) is 2.46. The number of amides is 1. The standard InChI is InChI=1S/C14H26N2O4/c1-5-6-19-14(17)16-9-12-7-11(8-15-3)10(2)13(18-4)20-12/h5,10-13,15H,1,6-9H2,2-4H3,(H,16,17)/t10-,11?,12?,13-/m0/s1. The van der Waals surface area contributed by atoms with E-state index in [2.05, 4.69) is 24.1 Å². The van der Waals surface area contributed by atoms with E-state index in [1.54, 1.807) is 7.11 Å². The molecule has 2 N–H and O–H groups in total. The lowest BCUT2D eigenvalue weighted by atomic mass is 9.85. The minimum atomic E-state index is -0.453. The molecule has 0 spiro atoms. The largest absolute Gasteiger partial charge is 0.445 e. The molecule has 0 aromatic carbocycles. The minimum absolute atomic E-state index is 0.0641. The Morgan fingerprint density at radius 1 is 1.50 bits per heavy atom. The van der Waals surface area contributed by atoms with Crippen LogP contribution in [0.1, 0.15) is 13.3 Å². The van der Waals surface area contributed by atoms with E-state index >= 15 is 0 Å². The molecule has 2 unspecified atom stereocenters. The van der Waals surface area contributed by atoms with Gasteiger partial charge in [-0.2, -0.15) is 0 Å². The van der Waals surface area contributed by atoms with Crippen molar-refractivity contribution in [1.29, 1.82) is 0 Å². The average molecular weight is 286 g/mol. The van der Waals surface area contributed by atoms with Gasteiger partial charge in [0, 0.05) is 19.6 Å². The van der Waals surface area contributed by atoms with Crippen LogP contribution in [0.5, 0.6) is 0 Å². The first kappa shape index (κ1) is 16.9. The molecule has 1 amide bonds. The van der Waals surface area contributed by atoms with Gasteiger partial charge in [-0.1, -0.05) is 19.6 Å². The zero-order chi connectivity index (χ0) is 15.0. The van der Waals surface area contributed by atoms with Crippen molar-refractivity contribution in [1.82, 2.24) is 10.6 Å². The maximum absolute atomic E-state index is 11.4. The number of rotatable bonds is 7. The van der Waals surface area contributed by atoms with Gasteiger partial charge in [0.25, 0.3) is 0 Å². The Hall–Kier alpha value is -1.11. The number of hydrogen-bond donors (Lipinski definition) is 2. The Labute approximate surface area is 120 Å². The van der Waals surface area contributed by atoms with Gasteiger partial charge in [-0.25, -0.2) is 4.79 Å². The van der Waals surface area contributed by atoms with E-state index in [1.807, 2.05) is 7.05 Å². The summed E-state index contributed by atoms with van der Waals surface area (Å²) in [6.07, 6.45) is 1.65. The number of ether oxygens (including phenoxy) is 3. The van der Waals surface area contributed by atoms with Gasteiger partial charge in [0.1, 0.15) is 6.61 Å². The predicted molar refractivity (Wildman–Crippen MR) is 76.4 cm³/mol. The highest BCUT2D eigenvalue weighted by molar-refractivity contribution is 5.67. The minimum Gasteiger partial charge on any atom is -0.445 e. The average Bonchev–Trinajstić information content (AvgIpc) is 2.45. The Kier molecular flexibility index (Phi) is 7.58. The molecular formula is C14H26N2O4. The van der Waals surface area contributed by atoms with E-state index in [9.17, 15) is 4.79 Å². The molecule has 1 saturated heterocycles. The lowest BCUT2D eigenvalue weighted by molar-refractivity contribution is -0.219. The van der Waals surface area contributed by atoms with Crippen LogP contribution in [0.15, 0.2) is 12.7 Å².